The number of rotatable bonds is 4. The fourth-order valence-corrected chi connectivity index (χ4v) is 2.42. The summed E-state index contributed by atoms with van der Waals surface area (Å²) in [5.74, 6) is -9.30. The third kappa shape index (κ3) is 2.59. The minimum absolute atomic E-state index is 0.130. The Morgan fingerprint density at radius 3 is 2.10 bits per heavy atom. The molecular weight excluding hydrogens is 279 g/mol. The van der Waals surface area contributed by atoms with Crippen molar-refractivity contribution in [2.45, 2.75) is 13.3 Å². The van der Waals surface area contributed by atoms with Gasteiger partial charge in [-0.2, -0.15) is 0 Å². The highest BCUT2D eigenvalue weighted by molar-refractivity contribution is 5.51. The van der Waals surface area contributed by atoms with Crippen LogP contribution in [0.15, 0.2) is 0 Å². The molecule has 1 heterocycles. The Kier molecular flexibility index (Phi) is 4.47. The van der Waals surface area contributed by atoms with Crippen LogP contribution in [0.3, 0.4) is 0 Å². The fourth-order valence-electron chi connectivity index (χ4n) is 2.42. The number of benzene rings is 1. The summed E-state index contributed by atoms with van der Waals surface area (Å²) in [6.07, 6.45) is 0.645. The molecule has 1 aliphatic heterocycles. The lowest BCUT2D eigenvalue weighted by Gasteiger charge is -2.21. The molecule has 20 heavy (non-hydrogen) atoms. The lowest BCUT2D eigenvalue weighted by atomic mass is 10.1. The molecule has 1 aromatic carbocycles. The van der Waals surface area contributed by atoms with E-state index in [1.54, 1.807) is 0 Å². The highest BCUT2D eigenvalue weighted by Crippen LogP contribution is 2.33. The van der Waals surface area contributed by atoms with Crippen molar-refractivity contribution in [3.8, 4) is 0 Å². The maximum Gasteiger partial charge on any atom is 0.200 e. The van der Waals surface area contributed by atoms with Gasteiger partial charge in [0.1, 0.15) is 5.69 Å². The number of nitrogens with zero attached hydrogens (tertiary/aromatic N) is 1. The zero-order chi connectivity index (χ0) is 14.9. The van der Waals surface area contributed by atoms with Gasteiger partial charge in [-0.3, -0.25) is 0 Å². The van der Waals surface area contributed by atoms with E-state index in [1.807, 2.05) is 6.92 Å². The van der Waals surface area contributed by atoms with Crippen LogP contribution in [0.25, 0.3) is 0 Å². The Balaban J connectivity index is 2.26. The number of hydrogen-bond acceptors (Lipinski definition) is 2. The van der Waals surface area contributed by atoms with E-state index in [9.17, 15) is 22.0 Å². The highest BCUT2D eigenvalue weighted by Gasteiger charge is 2.32. The van der Waals surface area contributed by atoms with Crippen LogP contribution >= 0.6 is 0 Å². The maximum absolute atomic E-state index is 13.7. The van der Waals surface area contributed by atoms with Crippen LogP contribution in [0.4, 0.5) is 27.6 Å². The molecule has 1 fully saturated rings. The van der Waals surface area contributed by atoms with Gasteiger partial charge in [0, 0.05) is 13.1 Å². The summed E-state index contributed by atoms with van der Waals surface area (Å²) >= 11 is 0. The van der Waals surface area contributed by atoms with Gasteiger partial charge in [0.25, 0.3) is 0 Å². The lowest BCUT2D eigenvalue weighted by molar-refractivity contribution is 0.378. The predicted octanol–water partition coefficient (Wildman–Crippen LogP) is 2.82. The van der Waals surface area contributed by atoms with Gasteiger partial charge in [0.2, 0.25) is 5.82 Å². The van der Waals surface area contributed by atoms with Crippen molar-refractivity contribution < 1.29 is 22.0 Å². The Bertz CT molecular complexity index is 477. The highest BCUT2D eigenvalue weighted by atomic mass is 19.2. The standard InChI is InChI=1S/C13H15F5N2/c1-2-19-5-7-3-4-20(6-7)13-11(17)9(15)8(14)10(16)12(13)18/h7,19H,2-6H2,1H3. The van der Waals surface area contributed by atoms with E-state index >= 15 is 0 Å². The van der Waals surface area contributed by atoms with Crippen LogP contribution in [-0.2, 0) is 0 Å². The van der Waals surface area contributed by atoms with Crippen LogP contribution in [-0.4, -0.2) is 26.2 Å². The minimum Gasteiger partial charge on any atom is -0.366 e. The molecule has 2 rings (SSSR count). The molecular formula is C13H15F5N2. The monoisotopic (exact) mass is 294 g/mol. The van der Waals surface area contributed by atoms with Crippen molar-refractivity contribution in [2.24, 2.45) is 5.92 Å². The van der Waals surface area contributed by atoms with E-state index in [2.05, 4.69) is 5.32 Å². The molecule has 2 nitrogen and oxygen atoms in total. The summed E-state index contributed by atoms with van der Waals surface area (Å²) in [5, 5.41) is 3.10. The number of halogens is 5. The smallest absolute Gasteiger partial charge is 0.200 e. The van der Waals surface area contributed by atoms with Crippen LogP contribution in [0, 0.1) is 35.0 Å². The van der Waals surface area contributed by atoms with Gasteiger partial charge < -0.3 is 10.2 Å². The number of anilines is 1. The second-order valence-electron chi connectivity index (χ2n) is 4.83. The first-order valence-corrected chi connectivity index (χ1v) is 6.44. The SMILES string of the molecule is CCNCC1CCN(c2c(F)c(F)c(F)c(F)c2F)C1. The summed E-state index contributed by atoms with van der Waals surface area (Å²) in [7, 11) is 0. The molecule has 1 unspecified atom stereocenters. The lowest BCUT2D eigenvalue weighted by Crippen LogP contribution is -2.28. The van der Waals surface area contributed by atoms with E-state index in [-0.39, 0.29) is 19.0 Å². The summed E-state index contributed by atoms with van der Waals surface area (Å²) in [6.45, 7) is 3.89. The second kappa shape index (κ2) is 5.95. The normalized spacial score (nSPS) is 18.9. The zero-order valence-corrected chi connectivity index (χ0v) is 10.9. The van der Waals surface area contributed by atoms with Gasteiger partial charge in [-0.05, 0) is 25.4 Å². The van der Waals surface area contributed by atoms with E-state index in [0.717, 1.165) is 6.54 Å². The fraction of sp³-hybridized carbons (Fsp3) is 0.538. The first-order chi connectivity index (χ1) is 9.47. The first-order valence-electron chi connectivity index (χ1n) is 6.44. The summed E-state index contributed by atoms with van der Waals surface area (Å²) in [5.41, 5.74) is -0.819. The molecule has 1 aliphatic rings. The van der Waals surface area contributed by atoms with Crippen LogP contribution in [0.5, 0.6) is 0 Å². The van der Waals surface area contributed by atoms with Crippen molar-refractivity contribution in [3.63, 3.8) is 0 Å². The van der Waals surface area contributed by atoms with Crippen molar-refractivity contribution >= 4 is 5.69 Å². The average Bonchev–Trinajstić information content (AvgIpc) is 2.89. The zero-order valence-electron chi connectivity index (χ0n) is 10.9. The molecule has 112 valence electrons. The van der Waals surface area contributed by atoms with Crippen molar-refractivity contribution in [3.05, 3.63) is 29.1 Å². The van der Waals surface area contributed by atoms with Gasteiger partial charge in [-0.25, -0.2) is 22.0 Å². The number of hydrogen-bond donors (Lipinski definition) is 1. The molecule has 0 bridgehead atoms. The Hall–Kier alpha value is -1.37. The second-order valence-corrected chi connectivity index (χ2v) is 4.83. The largest absolute Gasteiger partial charge is 0.366 e. The molecule has 0 aromatic heterocycles. The molecule has 7 heteroatoms. The third-order valence-electron chi connectivity index (χ3n) is 3.47. The Morgan fingerprint density at radius 1 is 1.00 bits per heavy atom. The van der Waals surface area contributed by atoms with E-state index in [1.165, 1.54) is 4.90 Å². The maximum atomic E-state index is 13.7. The Labute approximate surface area is 113 Å². The molecule has 0 spiro atoms. The van der Waals surface area contributed by atoms with Crippen LogP contribution < -0.4 is 10.2 Å². The van der Waals surface area contributed by atoms with E-state index in [4.69, 9.17) is 0 Å². The average molecular weight is 294 g/mol. The van der Waals surface area contributed by atoms with Crippen molar-refractivity contribution in [2.75, 3.05) is 31.1 Å². The van der Waals surface area contributed by atoms with Gasteiger partial charge in [-0.1, -0.05) is 6.92 Å². The quantitative estimate of drug-likeness (QED) is 0.522. The number of nitrogens with one attached hydrogen (secondary N) is 1. The molecule has 0 amide bonds. The molecule has 0 saturated carbocycles. The van der Waals surface area contributed by atoms with Gasteiger partial charge in [0.15, 0.2) is 23.3 Å². The topological polar surface area (TPSA) is 15.3 Å². The third-order valence-corrected chi connectivity index (χ3v) is 3.47. The molecule has 0 radical (unpaired) electrons. The van der Waals surface area contributed by atoms with Crippen molar-refractivity contribution in [1.82, 2.24) is 5.32 Å². The van der Waals surface area contributed by atoms with Crippen LogP contribution in [0.1, 0.15) is 13.3 Å². The van der Waals surface area contributed by atoms with Gasteiger partial charge in [-0.15, -0.1) is 0 Å². The van der Waals surface area contributed by atoms with E-state index in [0.29, 0.717) is 13.0 Å². The summed E-state index contributed by atoms with van der Waals surface area (Å²) in [6, 6.07) is 0. The molecule has 0 aliphatic carbocycles. The first kappa shape index (κ1) is 15.0. The Morgan fingerprint density at radius 2 is 1.55 bits per heavy atom. The minimum atomic E-state index is -2.12. The summed E-state index contributed by atoms with van der Waals surface area (Å²) in [4.78, 5) is 1.22. The van der Waals surface area contributed by atoms with Crippen molar-refractivity contribution in [1.29, 1.82) is 0 Å². The molecule has 1 saturated heterocycles. The summed E-state index contributed by atoms with van der Waals surface area (Å²) < 4.78 is 66.6. The van der Waals surface area contributed by atoms with Gasteiger partial charge in [0.05, 0.1) is 0 Å². The van der Waals surface area contributed by atoms with E-state index < -0.39 is 34.8 Å². The molecule has 1 atom stereocenters. The van der Waals surface area contributed by atoms with Crippen LogP contribution in [0.2, 0.25) is 0 Å². The van der Waals surface area contributed by atoms with Gasteiger partial charge >= 0.3 is 0 Å². The molecule has 1 aromatic rings. The molecule has 1 N–H and O–H groups in total. The predicted molar refractivity (Wildman–Crippen MR) is 65.1 cm³/mol.